The maximum atomic E-state index is 11.6. The topological polar surface area (TPSA) is 46.1 Å². The number of aromatic nitrogens is 1. The van der Waals surface area contributed by atoms with Gasteiger partial charge in [0.05, 0.1) is 5.69 Å². The van der Waals surface area contributed by atoms with Gasteiger partial charge in [-0.15, -0.1) is 0 Å². The van der Waals surface area contributed by atoms with E-state index in [0.29, 0.717) is 6.54 Å². The van der Waals surface area contributed by atoms with Crippen LogP contribution in [0.5, 0.6) is 0 Å². The minimum Gasteiger partial charge on any atom is -0.385 e. The third kappa shape index (κ3) is 2.94. The van der Waals surface area contributed by atoms with Crippen LogP contribution in [-0.4, -0.2) is 11.1 Å². The number of benzene rings is 1. The summed E-state index contributed by atoms with van der Waals surface area (Å²) in [7, 11) is 0. The highest BCUT2D eigenvalue weighted by Crippen LogP contribution is 2.26. The first kappa shape index (κ1) is 13.7. The van der Waals surface area contributed by atoms with Gasteiger partial charge in [-0.1, -0.05) is 18.2 Å². The Labute approximate surface area is 124 Å². The Bertz CT molecular complexity index is 691. The smallest absolute Gasteiger partial charge is 0.250 e. The van der Waals surface area contributed by atoms with Crippen LogP contribution in [0.2, 0.25) is 0 Å². The van der Waals surface area contributed by atoms with Gasteiger partial charge in [0.25, 0.3) is 5.56 Å². The van der Waals surface area contributed by atoms with Gasteiger partial charge in [-0.2, -0.15) is 0 Å². The number of hydrogen-bond acceptors (Lipinski definition) is 3. The standard InChI is InChI=1S/C17H21N3O/c1-2-20-12-15(8-9-16(20)21)19-11-14-6-3-5-13-7-4-10-18-17(13)14/h3,5-6,8-9,12,18-19H,2,4,7,10-11H2,1H3. The zero-order chi connectivity index (χ0) is 14.7. The molecule has 0 unspecified atom stereocenters. The molecule has 2 heterocycles. The lowest BCUT2D eigenvalue weighted by Gasteiger charge is -2.21. The number of nitrogens with one attached hydrogen (secondary N) is 2. The molecule has 110 valence electrons. The van der Waals surface area contributed by atoms with E-state index in [4.69, 9.17) is 0 Å². The fraction of sp³-hybridized carbons (Fsp3) is 0.353. The lowest BCUT2D eigenvalue weighted by molar-refractivity contribution is 0.727. The first-order valence-electron chi connectivity index (χ1n) is 7.57. The summed E-state index contributed by atoms with van der Waals surface area (Å²) >= 11 is 0. The fourth-order valence-electron chi connectivity index (χ4n) is 2.81. The quantitative estimate of drug-likeness (QED) is 0.907. The minimum absolute atomic E-state index is 0.0433. The molecule has 0 saturated carbocycles. The molecule has 0 spiro atoms. The van der Waals surface area contributed by atoms with Crippen molar-refractivity contribution in [2.45, 2.75) is 32.9 Å². The first-order valence-corrected chi connectivity index (χ1v) is 7.57. The Balaban J connectivity index is 1.78. The normalized spacial score (nSPS) is 13.4. The summed E-state index contributed by atoms with van der Waals surface area (Å²) in [5, 5.41) is 6.92. The average Bonchev–Trinajstić information content (AvgIpc) is 2.54. The van der Waals surface area contributed by atoms with E-state index < -0.39 is 0 Å². The summed E-state index contributed by atoms with van der Waals surface area (Å²) in [5.74, 6) is 0. The molecule has 0 atom stereocenters. The molecule has 0 radical (unpaired) electrons. The van der Waals surface area contributed by atoms with Gasteiger partial charge < -0.3 is 15.2 Å². The Hall–Kier alpha value is -2.23. The number of hydrogen-bond donors (Lipinski definition) is 2. The molecular weight excluding hydrogens is 262 g/mol. The number of rotatable bonds is 4. The van der Waals surface area contributed by atoms with Crippen molar-refractivity contribution < 1.29 is 0 Å². The lowest BCUT2D eigenvalue weighted by atomic mass is 9.99. The number of nitrogens with zero attached hydrogens (tertiary/aromatic N) is 1. The summed E-state index contributed by atoms with van der Waals surface area (Å²) in [4.78, 5) is 11.6. The molecule has 0 fully saturated rings. The van der Waals surface area contributed by atoms with Crippen molar-refractivity contribution in [1.82, 2.24) is 4.57 Å². The highest BCUT2D eigenvalue weighted by molar-refractivity contribution is 5.60. The minimum atomic E-state index is 0.0433. The molecule has 0 aliphatic carbocycles. The van der Waals surface area contributed by atoms with Gasteiger partial charge in [-0.25, -0.2) is 0 Å². The van der Waals surface area contributed by atoms with Crippen molar-refractivity contribution in [1.29, 1.82) is 0 Å². The number of fused-ring (bicyclic) bond motifs is 1. The van der Waals surface area contributed by atoms with Gasteiger partial charge in [0, 0.05) is 37.6 Å². The molecule has 0 bridgehead atoms. The zero-order valence-corrected chi connectivity index (χ0v) is 12.4. The molecule has 0 saturated heterocycles. The number of aryl methyl sites for hydroxylation is 2. The van der Waals surface area contributed by atoms with Crippen LogP contribution < -0.4 is 16.2 Å². The predicted molar refractivity (Wildman–Crippen MR) is 87.0 cm³/mol. The number of pyridine rings is 1. The molecule has 1 aliphatic heterocycles. The highest BCUT2D eigenvalue weighted by Gasteiger charge is 2.11. The molecular formula is C17H21N3O. The SMILES string of the molecule is CCn1cc(NCc2cccc3c2NCCC3)ccc1=O. The van der Waals surface area contributed by atoms with Crippen LogP contribution in [0.3, 0.4) is 0 Å². The molecule has 0 amide bonds. The van der Waals surface area contributed by atoms with Crippen LogP contribution >= 0.6 is 0 Å². The number of para-hydroxylation sites is 1. The second-order valence-electron chi connectivity index (χ2n) is 5.38. The second-order valence-corrected chi connectivity index (χ2v) is 5.38. The van der Waals surface area contributed by atoms with Crippen molar-refractivity contribution in [3.8, 4) is 0 Å². The van der Waals surface area contributed by atoms with Crippen molar-refractivity contribution in [3.63, 3.8) is 0 Å². The summed E-state index contributed by atoms with van der Waals surface area (Å²) in [5.41, 5.74) is 4.98. The molecule has 4 heteroatoms. The molecule has 1 aromatic carbocycles. The Kier molecular flexibility index (Phi) is 3.95. The molecule has 2 N–H and O–H groups in total. The van der Waals surface area contributed by atoms with E-state index in [2.05, 4.69) is 28.8 Å². The Morgan fingerprint density at radius 1 is 1.29 bits per heavy atom. The molecule has 21 heavy (non-hydrogen) atoms. The second kappa shape index (κ2) is 6.04. The van der Waals surface area contributed by atoms with Crippen LogP contribution in [0.4, 0.5) is 11.4 Å². The maximum Gasteiger partial charge on any atom is 0.250 e. The van der Waals surface area contributed by atoms with Crippen LogP contribution in [0.25, 0.3) is 0 Å². The summed E-state index contributed by atoms with van der Waals surface area (Å²) in [6, 6.07) is 9.93. The fourth-order valence-corrected chi connectivity index (χ4v) is 2.81. The Morgan fingerprint density at radius 2 is 2.19 bits per heavy atom. The van der Waals surface area contributed by atoms with Crippen LogP contribution in [-0.2, 0) is 19.5 Å². The van der Waals surface area contributed by atoms with E-state index in [-0.39, 0.29) is 5.56 Å². The van der Waals surface area contributed by atoms with Crippen molar-refractivity contribution in [3.05, 3.63) is 58.0 Å². The van der Waals surface area contributed by atoms with Crippen LogP contribution in [0.15, 0.2) is 41.3 Å². The van der Waals surface area contributed by atoms with E-state index >= 15 is 0 Å². The largest absolute Gasteiger partial charge is 0.385 e. The maximum absolute atomic E-state index is 11.6. The van der Waals surface area contributed by atoms with Crippen LogP contribution in [0.1, 0.15) is 24.5 Å². The van der Waals surface area contributed by atoms with Gasteiger partial charge >= 0.3 is 0 Å². The summed E-state index contributed by atoms with van der Waals surface area (Å²) in [6.45, 7) is 4.47. The van der Waals surface area contributed by atoms with E-state index in [9.17, 15) is 4.79 Å². The monoisotopic (exact) mass is 283 g/mol. The van der Waals surface area contributed by atoms with Gasteiger partial charge in [-0.3, -0.25) is 4.79 Å². The third-order valence-electron chi connectivity index (χ3n) is 3.97. The first-order chi connectivity index (χ1) is 10.3. The van der Waals surface area contributed by atoms with Crippen molar-refractivity contribution in [2.24, 2.45) is 0 Å². The lowest BCUT2D eigenvalue weighted by Crippen LogP contribution is -2.18. The predicted octanol–water partition coefficient (Wildman–Crippen LogP) is 2.84. The Morgan fingerprint density at radius 3 is 3.05 bits per heavy atom. The number of anilines is 2. The van der Waals surface area contributed by atoms with Crippen molar-refractivity contribution >= 4 is 11.4 Å². The van der Waals surface area contributed by atoms with Crippen LogP contribution in [0, 0.1) is 0 Å². The van der Waals surface area contributed by atoms with Gasteiger partial charge in [0.2, 0.25) is 0 Å². The van der Waals surface area contributed by atoms with Gasteiger partial charge in [0.15, 0.2) is 0 Å². The molecule has 4 nitrogen and oxygen atoms in total. The summed E-state index contributed by atoms with van der Waals surface area (Å²) < 4.78 is 1.71. The van der Waals surface area contributed by atoms with E-state index in [0.717, 1.165) is 25.2 Å². The molecule has 2 aromatic rings. The molecule has 3 rings (SSSR count). The van der Waals surface area contributed by atoms with Gasteiger partial charge in [-0.05, 0) is 37.0 Å². The highest BCUT2D eigenvalue weighted by atomic mass is 16.1. The molecule has 1 aromatic heterocycles. The molecule has 1 aliphatic rings. The average molecular weight is 283 g/mol. The van der Waals surface area contributed by atoms with E-state index in [1.54, 1.807) is 10.6 Å². The zero-order valence-electron chi connectivity index (χ0n) is 12.4. The van der Waals surface area contributed by atoms with Gasteiger partial charge in [0.1, 0.15) is 0 Å². The summed E-state index contributed by atoms with van der Waals surface area (Å²) in [6.07, 6.45) is 4.23. The van der Waals surface area contributed by atoms with E-state index in [1.807, 2.05) is 19.2 Å². The third-order valence-corrected chi connectivity index (χ3v) is 3.97. The van der Waals surface area contributed by atoms with Crippen molar-refractivity contribution in [2.75, 3.05) is 17.2 Å². The van der Waals surface area contributed by atoms with E-state index in [1.165, 1.54) is 23.2 Å².